The van der Waals surface area contributed by atoms with Gasteiger partial charge in [0.1, 0.15) is 42.4 Å². The summed E-state index contributed by atoms with van der Waals surface area (Å²) in [7, 11) is 1.57. The lowest BCUT2D eigenvalue weighted by molar-refractivity contribution is -0.307. The first-order chi connectivity index (χ1) is 19.4. The van der Waals surface area contributed by atoms with Crippen LogP contribution in [0.2, 0.25) is 0 Å². The van der Waals surface area contributed by atoms with Gasteiger partial charge in [-0.25, -0.2) is 0 Å². The van der Waals surface area contributed by atoms with Gasteiger partial charge in [-0.15, -0.1) is 0 Å². The highest BCUT2D eigenvalue weighted by atomic mass is 16.7. The third kappa shape index (κ3) is 8.60. The van der Waals surface area contributed by atoms with Crippen LogP contribution in [0.25, 0.3) is 0 Å². The van der Waals surface area contributed by atoms with Gasteiger partial charge in [-0.3, -0.25) is 4.79 Å². The SMILES string of the molecule is CN[C@@H]1[C@@H](O)[C@@H](O[C@@H]2[C@@H](O)[C@H](O[C@H]3O[C@@H](CNCC=O)CC[C@H]3N)[C@@H](N)C[C@H]2NC(=O)[C@@H](O)CCN)OC[C@]1(C)O. The molecule has 1 aliphatic carbocycles. The molecule has 0 radical (unpaired) electrons. The van der Waals surface area contributed by atoms with Gasteiger partial charge in [0, 0.05) is 12.6 Å². The van der Waals surface area contributed by atoms with Crippen LogP contribution in [0.1, 0.15) is 32.6 Å². The molecule has 2 aliphatic heterocycles. The summed E-state index contributed by atoms with van der Waals surface area (Å²) in [6, 6.07) is -3.06. The van der Waals surface area contributed by atoms with Gasteiger partial charge in [-0.2, -0.15) is 0 Å². The summed E-state index contributed by atoms with van der Waals surface area (Å²) in [5, 5.41) is 51.7. The fraction of sp³-hybridized carbons (Fsp3) is 0.920. The number of amides is 1. The zero-order chi connectivity index (χ0) is 30.3. The van der Waals surface area contributed by atoms with Gasteiger partial charge >= 0.3 is 0 Å². The lowest BCUT2D eigenvalue weighted by atomic mass is 9.83. The summed E-state index contributed by atoms with van der Waals surface area (Å²) < 4.78 is 23.8. The van der Waals surface area contributed by atoms with E-state index in [1.165, 1.54) is 6.92 Å². The quantitative estimate of drug-likeness (QED) is 0.0707. The van der Waals surface area contributed by atoms with Crippen LogP contribution in [-0.4, -0.2) is 145 Å². The first-order valence-corrected chi connectivity index (χ1v) is 14.1. The highest BCUT2D eigenvalue weighted by molar-refractivity contribution is 5.80. The molecule has 238 valence electrons. The third-order valence-electron chi connectivity index (χ3n) is 7.91. The minimum absolute atomic E-state index is 0.0214. The van der Waals surface area contributed by atoms with E-state index in [9.17, 15) is 30.0 Å². The van der Waals surface area contributed by atoms with Crippen molar-refractivity contribution in [1.82, 2.24) is 16.0 Å². The Morgan fingerprint density at radius 1 is 1.15 bits per heavy atom. The van der Waals surface area contributed by atoms with E-state index in [0.717, 1.165) is 6.29 Å². The van der Waals surface area contributed by atoms with Crippen LogP contribution in [0.4, 0.5) is 0 Å². The topological polar surface area (TPSA) is 266 Å². The molecule has 2 saturated heterocycles. The first kappa shape index (κ1) is 34.1. The normalized spacial score (nSPS) is 42.4. The summed E-state index contributed by atoms with van der Waals surface area (Å²) in [6.07, 6.45) is -6.90. The smallest absolute Gasteiger partial charge is 0.249 e. The maximum Gasteiger partial charge on any atom is 0.249 e. The molecule has 3 aliphatic rings. The summed E-state index contributed by atoms with van der Waals surface area (Å²) in [6.45, 7) is 1.98. The van der Waals surface area contributed by atoms with Crippen molar-refractivity contribution in [3.8, 4) is 0 Å². The Balaban J connectivity index is 1.78. The van der Waals surface area contributed by atoms with Crippen LogP contribution in [-0.2, 0) is 28.5 Å². The van der Waals surface area contributed by atoms with Crippen molar-refractivity contribution in [3.63, 3.8) is 0 Å². The largest absolute Gasteiger partial charge is 0.388 e. The van der Waals surface area contributed by atoms with E-state index in [4.69, 9.17) is 36.1 Å². The number of hydrogen-bond acceptors (Lipinski definition) is 15. The van der Waals surface area contributed by atoms with Crippen LogP contribution in [0.5, 0.6) is 0 Å². The number of likely N-dealkylation sites (N-methyl/N-ethyl adjacent to an activating group) is 1. The molecule has 0 unspecified atom stereocenters. The van der Waals surface area contributed by atoms with E-state index in [1.807, 2.05) is 0 Å². The van der Waals surface area contributed by atoms with Crippen LogP contribution in [0.3, 0.4) is 0 Å². The molecule has 2 heterocycles. The molecular formula is C25H48N6O10. The van der Waals surface area contributed by atoms with Gasteiger partial charge < -0.3 is 77.3 Å². The van der Waals surface area contributed by atoms with Gasteiger partial charge in [0.25, 0.3) is 0 Å². The lowest BCUT2D eigenvalue weighted by Gasteiger charge is -2.49. The maximum absolute atomic E-state index is 12.7. The van der Waals surface area contributed by atoms with Gasteiger partial charge in [0.15, 0.2) is 12.6 Å². The summed E-state index contributed by atoms with van der Waals surface area (Å²) in [5.41, 5.74) is 16.7. The standard InChI is InChI=1S/C25H48N6O10/c1-25(37)11-38-24(18(35)21(25)29-2)41-20-15(31-22(36)16(33)5-6-26)9-14(28)19(17(20)34)40-23-13(27)4-3-12(39-23)10-30-7-8-32/h8,12-21,23-24,29-30,33-35,37H,3-7,9-11,26-28H2,1-2H3,(H,31,36)/t12-,13-,14+,15-,16+,17+,18-,19-,20+,21-,23-,24-,25+/m1/s1. The van der Waals surface area contributed by atoms with E-state index >= 15 is 0 Å². The maximum atomic E-state index is 12.7. The predicted octanol–water partition coefficient (Wildman–Crippen LogP) is -5.28. The second kappa shape index (κ2) is 15.4. The lowest BCUT2D eigenvalue weighted by Crippen LogP contribution is -2.69. The molecule has 0 spiro atoms. The van der Waals surface area contributed by atoms with Crippen LogP contribution >= 0.6 is 0 Å². The molecule has 13 atom stereocenters. The summed E-state index contributed by atoms with van der Waals surface area (Å²) in [5.74, 6) is -0.725. The molecular weight excluding hydrogens is 544 g/mol. The summed E-state index contributed by atoms with van der Waals surface area (Å²) >= 11 is 0. The monoisotopic (exact) mass is 592 g/mol. The molecule has 13 N–H and O–H groups in total. The number of rotatable bonds is 13. The number of carbonyl (C=O) groups excluding carboxylic acids is 2. The summed E-state index contributed by atoms with van der Waals surface area (Å²) in [4.78, 5) is 23.3. The van der Waals surface area contributed by atoms with E-state index in [1.54, 1.807) is 7.05 Å². The Morgan fingerprint density at radius 3 is 2.51 bits per heavy atom. The highest BCUT2D eigenvalue weighted by Gasteiger charge is 2.52. The number of carbonyl (C=O) groups is 2. The highest BCUT2D eigenvalue weighted by Crippen LogP contribution is 2.32. The first-order valence-electron chi connectivity index (χ1n) is 14.1. The van der Waals surface area contributed by atoms with E-state index in [2.05, 4.69) is 16.0 Å². The molecule has 41 heavy (non-hydrogen) atoms. The Bertz CT molecular complexity index is 843. The van der Waals surface area contributed by atoms with Crippen molar-refractivity contribution >= 4 is 12.2 Å². The fourth-order valence-corrected chi connectivity index (χ4v) is 5.64. The second-order valence-electron chi connectivity index (χ2n) is 11.3. The number of nitrogens with two attached hydrogens (primary N) is 3. The van der Waals surface area contributed by atoms with Crippen molar-refractivity contribution in [2.75, 3.05) is 33.3 Å². The van der Waals surface area contributed by atoms with Crippen LogP contribution in [0.15, 0.2) is 0 Å². The molecule has 3 rings (SSSR count). The Hall–Kier alpha value is -1.38. The van der Waals surface area contributed by atoms with Gasteiger partial charge in [0.2, 0.25) is 5.91 Å². The number of aldehydes is 1. The van der Waals surface area contributed by atoms with Crippen molar-refractivity contribution in [2.45, 2.75) is 112 Å². The molecule has 1 saturated carbocycles. The Morgan fingerprint density at radius 2 is 1.85 bits per heavy atom. The average Bonchev–Trinajstić information content (AvgIpc) is 2.91. The van der Waals surface area contributed by atoms with Crippen molar-refractivity contribution in [1.29, 1.82) is 0 Å². The minimum Gasteiger partial charge on any atom is -0.388 e. The number of aliphatic hydroxyl groups excluding tert-OH is 3. The second-order valence-corrected chi connectivity index (χ2v) is 11.3. The molecule has 0 bridgehead atoms. The number of nitrogens with one attached hydrogen (secondary N) is 3. The van der Waals surface area contributed by atoms with E-state index < -0.39 is 78.8 Å². The molecule has 0 aromatic rings. The molecule has 0 aromatic carbocycles. The number of ether oxygens (including phenoxy) is 4. The number of aliphatic hydroxyl groups is 4. The number of hydrogen-bond donors (Lipinski definition) is 10. The van der Waals surface area contributed by atoms with Crippen LogP contribution < -0.4 is 33.2 Å². The zero-order valence-corrected chi connectivity index (χ0v) is 23.6. The third-order valence-corrected chi connectivity index (χ3v) is 7.91. The Labute approximate surface area is 239 Å². The minimum atomic E-state index is -1.45. The predicted molar refractivity (Wildman–Crippen MR) is 144 cm³/mol. The van der Waals surface area contributed by atoms with Crippen molar-refractivity contribution in [2.24, 2.45) is 17.2 Å². The Kier molecular flexibility index (Phi) is 12.8. The molecule has 0 aromatic heterocycles. The molecule has 16 nitrogen and oxygen atoms in total. The van der Waals surface area contributed by atoms with Crippen molar-refractivity contribution < 1.29 is 49.0 Å². The average molecular weight is 593 g/mol. The zero-order valence-electron chi connectivity index (χ0n) is 23.6. The van der Waals surface area contributed by atoms with E-state index in [-0.39, 0.29) is 38.6 Å². The molecule has 3 fully saturated rings. The fourth-order valence-electron chi connectivity index (χ4n) is 5.64. The molecule has 16 heteroatoms. The molecule has 1 amide bonds. The van der Waals surface area contributed by atoms with E-state index in [0.29, 0.717) is 19.4 Å². The van der Waals surface area contributed by atoms with Gasteiger partial charge in [-0.1, -0.05) is 0 Å². The van der Waals surface area contributed by atoms with Crippen molar-refractivity contribution in [3.05, 3.63) is 0 Å². The van der Waals surface area contributed by atoms with Crippen LogP contribution in [0, 0.1) is 0 Å². The van der Waals surface area contributed by atoms with Gasteiger partial charge in [-0.05, 0) is 46.2 Å². The van der Waals surface area contributed by atoms with Gasteiger partial charge in [0.05, 0.1) is 37.4 Å².